The van der Waals surface area contributed by atoms with Gasteiger partial charge in [-0.15, -0.1) is 0 Å². The van der Waals surface area contributed by atoms with Crippen LogP contribution in [0.2, 0.25) is 0 Å². The van der Waals surface area contributed by atoms with Crippen molar-refractivity contribution < 1.29 is 15.0 Å². The lowest BCUT2D eigenvalue weighted by atomic mass is 10.0. The van der Waals surface area contributed by atoms with Crippen LogP contribution in [0.15, 0.2) is 30.3 Å². The minimum absolute atomic E-state index is 0.0483. The van der Waals surface area contributed by atoms with Gasteiger partial charge in [0.1, 0.15) is 11.3 Å². The monoisotopic (exact) mass is 231 g/mol. The fourth-order valence-electron chi connectivity index (χ4n) is 1.81. The second-order valence-electron chi connectivity index (χ2n) is 4.06. The molecule has 17 heavy (non-hydrogen) atoms. The molecule has 2 N–H and O–H groups in total. The molecule has 0 bridgehead atoms. The first-order valence-corrected chi connectivity index (χ1v) is 5.17. The molecule has 4 heteroatoms. The summed E-state index contributed by atoms with van der Waals surface area (Å²) in [6.07, 6.45) is 0. The van der Waals surface area contributed by atoms with Crippen LogP contribution in [0.4, 0.5) is 5.69 Å². The average molecular weight is 231 g/mol. The molecule has 2 aromatic rings. The molecule has 4 nitrogen and oxygen atoms in total. The lowest BCUT2D eigenvalue weighted by Gasteiger charge is -2.14. The summed E-state index contributed by atoms with van der Waals surface area (Å²) in [5, 5.41) is 20.0. The maximum absolute atomic E-state index is 11.1. The summed E-state index contributed by atoms with van der Waals surface area (Å²) in [5.41, 5.74) is 0.937. The van der Waals surface area contributed by atoms with Gasteiger partial charge in [-0.1, -0.05) is 12.1 Å². The zero-order chi connectivity index (χ0) is 12.6. The molecule has 0 aliphatic carbocycles. The first-order chi connectivity index (χ1) is 8.00. The summed E-state index contributed by atoms with van der Waals surface area (Å²) >= 11 is 0. The van der Waals surface area contributed by atoms with Crippen LogP contribution in [-0.2, 0) is 0 Å². The van der Waals surface area contributed by atoms with Gasteiger partial charge in [-0.3, -0.25) is 0 Å². The van der Waals surface area contributed by atoms with E-state index in [4.69, 9.17) is 5.11 Å². The third kappa shape index (κ3) is 1.89. The normalized spacial score (nSPS) is 10.5. The van der Waals surface area contributed by atoms with Crippen LogP contribution in [0.25, 0.3) is 10.8 Å². The molecule has 0 amide bonds. The molecule has 2 rings (SSSR count). The maximum Gasteiger partial charge on any atom is 0.340 e. The lowest BCUT2D eigenvalue weighted by Crippen LogP contribution is -2.08. The predicted octanol–water partition coefficient (Wildman–Crippen LogP) is 2.31. The van der Waals surface area contributed by atoms with E-state index in [-0.39, 0.29) is 11.3 Å². The zero-order valence-electron chi connectivity index (χ0n) is 9.64. The van der Waals surface area contributed by atoms with Crippen molar-refractivity contribution in [3.8, 4) is 5.75 Å². The number of aromatic carboxylic acids is 1. The third-order valence-electron chi connectivity index (χ3n) is 2.71. The summed E-state index contributed by atoms with van der Waals surface area (Å²) in [5.74, 6) is -1.33. The topological polar surface area (TPSA) is 60.8 Å². The second-order valence-corrected chi connectivity index (χ2v) is 4.06. The van der Waals surface area contributed by atoms with E-state index in [1.807, 2.05) is 31.1 Å². The first kappa shape index (κ1) is 11.3. The van der Waals surface area contributed by atoms with Gasteiger partial charge >= 0.3 is 5.97 Å². The van der Waals surface area contributed by atoms with E-state index < -0.39 is 5.97 Å². The number of fused-ring (bicyclic) bond motifs is 1. The molecule has 0 aromatic heterocycles. The molecular weight excluding hydrogens is 218 g/mol. The molecule has 0 atom stereocenters. The SMILES string of the molecule is CN(C)c1ccc2c(C(=O)O)c(O)ccc2c1. The Labute approximate surface area is 98.7 Å². The molecule has 0 unspecified atom stereocenters. The third-order valence-corrected chi connectivity index (χ3v) is 2.71. The molecule has 0 heterocycles. The van der Waals surface area contributed by atoms with Gasteiger partial charge in [-0.2, -0.15) is 0 Å². The van der Waals surface area contributed by atoms with E-state index in [1.54, 1.807) is 12.1 Å². The predicted molar refractivity (Wildman–Crippen MR) is 66.9 cm³/mol. The van der Waals surface area contributed by atoms with Crippen molar-refractivity contribution in [2.24, 2.45) is 0 Å². The van der Waals surface area contributed by atoms with Crippen molar-refractivity contribution in [3.05, 3.63) is 35.9 Å². The number of phenols is 1. The number of aromatic hydroxyl groups is 1. The lowest BCUT2D eigenvalue weighted by molar-refractivity contribution is 0.0696. The summed E-state index contributed by atoms with van der Waals surface area (Å²) in [4.78, 5) is 13.0. The highest BCUT2D eigenvalue weighted by molar-refractivity contribution is 6.06. The first-order valence-electron chi connectivity index (χ1n) is 5.17. The van der Waals surface area contributed by atoms with E-state index in [0.717, 1.165) is 11.1 Å². The van der Waals surface area contributed by atoms with E-state index in [2.05, 4.69) is 0 Å². The van der Waals surface area contributed by atoms with Gasteiger partial charge in [-0.25, -0.2) is 4.79 Å². The number of rotatable bonds is 2. The standard InChI is InChI=1S/C13H13NO3/c1-14(2)9-4-5-10-8(7-9)3-6-11(15)12(10)13(16)17/h3-7,15H,1-2H3,(H,16,17). The zero-order valence-corrected chi connectivity index (χ0v) is 9.64. The maximum atomic E-state index is 11.1. The van der Waals surface area contributed by atoms with Crippen molar-refractivity contribution in [3.63, 3.8) is 0 Å². The van der Waals surface area contributed by atoms with Crippen LogP contribution in [0, 0.1) is 0 Å². The van der Waals surface area contributed by atoms with Crippen LogP contribution in [0.1, 0.15) is 10.4 Å². The number of hydrogen-bond donors (Lipinski definition) is 2. The highest BCUT2D eigenvalue weighted by Gasteiger charge is 2.14. The molecule has 0 fully saturated rings. The summed E-state index contributed by atoms with van der Waals surface area (Å²) in [7, 11) is 3.83. The number of hydrogen-bond acceptors (Lipinski definition) is 3. The van der Waals surface area contributed by atoms with Crippen LogP contribution >= 0.6 is 0 Å². The van der Waals surface area contributed by atoms with Crippen LogP contribution < -0.4 is 4.90 Å². The summed E-state index contributed by atoms with van der Waals surface area (Å²) < 4.78 is 0. The number of benzene rings is 2. The molecular formula is C13H13NO3. The molecule has 0 aliphatic rings. The Balaban J connectivity index is 2.75. The number of anilines is 1. The molecule has 0 saturated carbocycles. The minimum Gasteiger partial charge on any atom is -0.507 e. The van der Waals surface area contributed by atoms with Gasteiger partial charge in [0.2, 0.25) is 0 Å². The smallest absolute Gasteiger partial charge is 0.340 e. The minimum atomic E-state index is -1.12. The number of carboxylic acid groups (broad SMARTS) is 1. The Morgan fingerprint density at radius 3 is 2.47 bits per heavy atom. The van der Waals surface area contributed by atoms with Gasteiger partial charge in [0.05, 0.1) is 0 Å². The highest BCUT2D eigenvalue weighted by atomic mass is 16.4. The quantitative estimate of drug-likeness (QED) is 0.832. The van der Waals surface area contributed by atoms with Crippen molar-refractivity contribution in [1.29, 1.82) is 0 Å². The molecule has 88 valence electrons. The van der Waals surface area contributed by atoms with E-state index in [1.165, 1.54) is 6.07 Å². The fourth-order valence-corrected chi connectivity index (χ4v) is 1.81. The van der Waals surface area contributed by atoms with Crippen molar-refractivity contribution in [1.82, 2.24) is 0 Å². The Kier molecular flexibility index (Phi) is 2.63. The van der Waals surface area contributed by atoms with E-state index >= 15 is 0 Å². The Bertz CT molecular complexity index is 590. The van der Waals surface area contributed by atoms with Crippen molar-refractivity contribution >= 4 is 22.4 Å². The summed E-state index contributed by atoms with van der Waals surface area (Å²) in [6.45, 7) is 0. The summed E-state index contributed by atoms with van der Waals surface area (Å²) in [6, 6.07) is 8.55. The Morgan fingerprint density at radius 1 is 1.18 bits per heavy atom. The van der Waals surface area contributed by atoms with E-state index in [9.17, 15) is 9.90 Å². The van der Waals surface area contributed by atoms with Gasteiger partial charge in [0, 0.05) is 25.2 Å². The average Bonchev–Trinajstić information content (AvgIpc) is 2.27. The fraction of sp³-hybridized carbons (Fsp3) is 0.154. The number of carbonyl (C=O) groups is 1. The molecule has 0 aliphatic heterocycles. The van der Waals surface area contributed by atoms with Gasteiger partial charge in [-0.05, 0) is 23.6 Å². The van der Waals surface area contributed by atoms with Crippen molar-refractivity contribution in [2.45, 2.75) is 0 Å². The van der Waals surface area contributed by atoms with Gasteiger partial charge in [0.25, 0.3) is 0 Å². The van der Waals surface area contributed by atoms with Crippen LogP contribution in [-0.4, -0.2) is 30.3 Å². The van der Waals surface area contributed by atoms with Gasteiger partial charge in [0.15, 0.2) is 0 Å². The number of carboxylic acids is 1. The molecule has 0 radical (unpaired) electrons. The van der Waals surface area contributed by atoms with Gasteiger partial charge < -0.3 is 15.1 Å². The Morgan fingerprint density at radius 2 is 1.88 bits per heavy atom. The highest BCUT2D eigenvalue weighted by Crippen LogP contribution is 2.29. The molecule has 2 aromatic carbocycles. The molecule has 0 spiro atoms. The van der Waals surface area contributed by atoms with Crippen LogP contribution in [0.3, 0.4) is 0 Å². The van der Waals surface area contributed by atoms with E-state index in [0.29, 0.717) is 5.39 Å². The van der Waals surface area contributed by atoms with Crippen LogP contribution in [0.5, 0.6) is 5.75 Å². The second kappa shape index (κ2) is 3.97. The Hall–Kier alpha value is -2.23. The number of nitrogens with zero attached hydrogens (tertiary/aromatic N) is 1. The molecule has 0 saturated heterocycles. The largest absolute Gasteiger partial charge is 0.507 e. The van der Waals surface area contributed by atoms with Crippen molar-refractivity contribution in [2.75, 3.05) is 19.0 Å².